The minimum Gasteiger partial charge on any atom is -0.494 e. The number of anilines is 1. The largest absolute Gasteiger partial charge is 0.494 e. The summed E-state index contributed by atoms with van der Waals surface area (Å²) in [5.74, 6) is 0.264. The summed E-state index contributed by atoms with van der Waals surface area (Å²) in [6.45, 7) is 4.17. The van der Waals surface area contributed by atoms with Crippen molar-refractivity contribution < 1.29 is 14.3 Å². The molecule has 0 aliphatic carbocycles. The highest BCUT2D eigenvalue weighted by Crippen LogP contribution is 2.42. The first-order valence-electron chi connectivity index (χ1n) is 8.10. The molecule has 0 bridgehead atoms. The molecule has 130 valence electrons. The molecule has 2 aromatic carbocycles. The highest BCUT2D eigenvalue weighted by Gasteiger charge is 2.39. The van der Waals surface area contributed by atoms with E-state index < -0.39 is 6.04 Å². The average molecular weight is 359 g/mol. The Balaban J connectivity index is 2.00. The monoisotopic (exact) mass is 358 g/mol. The lowest BCUT2D eigenvalue weighted by molar-refractivity contribution is -0.126. The smallest absolute Gasteiger partial charge is 0.254 e. The lowest BCUT2D eigenvalue weighted by Gasteiger charge is -2.20. The van der Waals surface area contributed by atoms with Crippen molar-refractivity contribution in [1.82, 2.24) is 5.32 Å². The van der Waals surface area contributed by atoms with Crippen LogP contribution in [0.4, 0.5) is 5.69 Å². The maximum Gasteiger partial charge on any atom is 0.254 e. The number of hydrogen-bond donors (Lipinski definition) is 1. The number of rotatable bonds is 5. The molecule has 1 atom stereocenters. The van der Waals surface area contributed by atoms with Crippen molar-refractivity contribution in [2.24, 2.45) is 0 Å². The van der Waals surface area contributed by atoms with Gasteiger partial charge in [-0.2, -0.15) is 0 Å². The van der Waals surface area contributed by atoms with Gasteiger partial charge < -0.3 is 15.0 Å². The SMILES string of the molecule is CCOc1ccccc1CN1C(=O)C(NC(C)=O)c2cccc(Cl)c21. The van der Waals surface area contributed by atoms with Gasteiger partial charge >= 0.3 is 0 Å². The Morgan fingerprint density at radius 1 is 1.24 bits per heavy atom. The summed E-state index contributed by atoms with van der Waals surface area (Å²) in [6, 6.07) is 12.2. The maximum atomic E-state index is 12.9. The topological polar surface area (TPSA) is 58.6 Å². The first-order valence-corrected chi connectivity index (χ1v) is 8.48. The van der Waals surface area contributed by atoms with Crippen molar-refractivity contribution >= 4 is 29.1 Å². The van der Waals surface area contributed by atoms with Crippen LogP contribution in [0.1, 0.15) is 31.0 Å². The summed E-state index contributed by atoms with van der Waals surface area (Å²) in [5, 5.41) is 3.19. The highest BCUT2D eigenvalue weighted by molar-refractivity contribution is 6.34. The zero-order valence-corrected chi connectivity index (χ0v) is 14.8. The van der Waals surface area contributed by atoms with E-state index in [9.17, 15) is 9.59 Å². The molecule has 0 saturated heterocycles. The predicted octanol–water partition coefficient (Wildman–Crippen LogP) is 3.46. The number of nitrogens with zero attached hydrogens (tertiary/aromatic N) is 1. The predicted molar refractivity (Wildman–Crippen MR) is 96.8 cm³/mol. The van der Waals surface area contributed by atoms with Gasteiger partial charge in [0.2, 0.25) is 5.91 Å². The molecule has 0 saturated carbocycles. The molecular weight excluding hydrogens is 340 g/mol. The molecule has 1 unspecified atom stereocenters. The number of nitrogens with one attached hydrogen (secondary N) is 1. The van der Waals surface area contributed by atoms with Crippen LogP contribution in [0.2, 0.25) is 5.02 Å². The number of carbonyl (C=O) groups is 2. The Morgan fingerprint density at radius 3 is 2.72 bits per heavy atom. The Morgan fingerprint density at radius 2 is 2.00 bits per heavy atom. The standard InChI is InChI=1S/C19H19ClN2O3/c1-3-25-16-10-5-4-7-13(16)11-22-18-14(8-6-9-15(18)20)17(19(22)24)21-12(2)23/h4-10,17H,3,11H2,1-2H3,(H,21,23). The molecule has 1 N–H and O–H groups in total. The molecule has 2 amide bonds. The lowest BCUT2D eigenvalue weighted by atomic mass is 10.1. The van der Waals surface area contributed by atoms with Gasteiger partial charge in [0.05, 0.1) is 23.9 Å². The molecule has 0 fully saturated rings. The Hall–Kier alpha value is -2.53. The normalized spacial score (nSPS) is 15.9. The van der Waals surface area contributed by atoms with E-state index in [4.69, 9.17) is 16.3 Å². The second kappa shape index (κ2) is 7.15. The molecular formula is C19H19ClN2O3. The zero-order chi connectivity index (χ0) is 18.0. The van der Waals surface area contributed by atoms with E-state index in [1.54, 1.807) is 17.0 Å². The molecule has 1 heterocycles. The number of fused-ring (bicyclic) bond motifs is 1. The third-order valence-corrected chi connectivity index (χ3v) is 4.37. The van der Waals surface area contributed by atoms with Gasteiger partial charge in [-0.15, -0.1) is 0 Å². The number of halogens is 1. The molecule has 25 heavy (non-hydrogen) atoms. The van der Waals surface area contributed by atoms with Crippen LogP contribution in [0.5, 0.6) is 5.75 Å². The van der Waals surface area contributed by atoms with Gasteiger partial charge in [0, 0.05) is 18.1 Å². The Kier molecular flexibility index (Phi) is 4.95. The molecule has 1 aliphatic rings. The van der Waals surface area contributed by atoms with Crippen molar-refractivity contribution in [3.8, 4) is 5.75 Å². The molecule has 6 heteroatoms. The van der Waals surface area contributed by atoms with Crippen molar-refractivity contribution in [1.29, 1.82) is 0 Å². The van der Waals surface area contributed by atoms with E-state index in [1.807, 2.05) is 37.3 Å². The number of benzene rings is 2. The van der Waals surface area contributed by atoms with E-state index in [0.717, 1.165) is 11.3 Å². The molecule has 2 aromatic rings. The molecule has 1 aliphatic heterocycles. The molecule has 3 rings (SSSR count). The first-order chi connectivity index (χ1) is 12.0. The lowest BCUT2D eigenvalue weighted by Crippen LogP contribution is -2.36. The van der Waals surface area contributed by atoms with Crippen molar-refractivity contribution in [2.75, 3.05) is 11.5 Å². The van der Waals surface area contributed by atoms with Crippen LogP contribution in [0.25, 0.3) is 0 Å². The quantitative estimate of drug-likeness (QED) is 0.890. The van der Waals surface area contributed by atoms with E-state index in [-0.39, 0.29) is 11.8 Å². The second-order valence-corrected chi connectivity index (χ2v) is 6.18. The number of para-hydroxylation sites is 2. The summed E-state index contributed by atoms with van der Waals surface area (Å²) in [4.78, 5) is 26.1. The second-order valence-electron chi connectivity index (χ2n) is 5.78. The van der Waals surface area contributed by atoms with Crippen LogP contribution < -0.4 is 15.0 Å². The summed E-state index contributed by atoms with van der Waals surface area (Å²) < 4.78 is 5.65. The number of carbonyl (C=O) groups excluding carboxylic acids is 2. The van der Waals surface area contributed by atoms with Gasteiger partial charge in [0.15, 0.2) is 0 Å². The summed E-state index contributed by atoms with van der Waals surface area (Å²) >= 11 is 6.36. The van der Waals surface area contributed by atoms with Gasteiger partial charge in [-0.3, -0.25) is 9.59 Å². The van der Waals surface area contributed by atoms with Crippen LogP contribution in [-0.4, -0.2) is 18.4 Å². The molecule has 0 spiro atoms. The van der Waals surface area contributed by atoms with E-state index in [0.29, 0.717) is 29.4 Å². The van der Waals surface area contributed by atoms with Crippen molar-refractivity contribution in [3.63, 3.8) is 0 Å². The van der Waals surface area contributed by atoms with Gasteiger partial charge in [0.25, 0.3) is 5.91 Å². The highest BCUT2D eigenvalue weighted by atomic mass is 35.5. The summed E-state index contributed by atoms with van der Waals surface area (Å²) in [7, 11) is 0. The summed E-state index contributed by atoms with van der Waals surface area (Å²) in [5.41, 5.74) is 2.23. The van der Waals surface area contributed by atoms with Crippen LogP contribution in [0.3, 0.4) is 0 Å². The third kappa shape index (κ3) is 3.33. The van der Waals surface area contributed by atoms with Gasteiger partial charge in [-0.25, -0.2) is 0 Å². The minimum atomic E-state index is -0.717. The fraction of sp³-hybridized carbons (Fsp3) is 0.263. The fourth-order valence-corrected chi connectivity index (χ4v) is 3.33. The number of ether oxygens (including phenoxy) is 1. The van der Waals surface area contributed by atoms with E-state index in [2.05, 4.69) is 5.32 Å². The fourth-order valence-electron chi connectivity index (χ4n) is 3.05. The van der Waals surface area contributed by atoms with Crippen LogP contribution in [0.15, 0.2) is 42.5 Å². The van der Waals surface area contributed by atoms with Gasteiger partial charge in [-0.1, -0.05) is 41.9 Å². The van der Waals surface area contributed by atoms with Crippen LogP contribution >= 0.6 is 11.6 Å². The first kappa shape index (κ1) is 17.3. The third-order valence-electron chi connectivity index (χ3n) is 4.06. The van der Waals surface area contributed by atoms with Gasteiger partial charge in [0.1, 0.15) is 11.8 Å². The van der Waals surface area contributed by atoms with Crippen molar-refractivity contribution in [2.45, 2.75) is 26.4 Å². The molecule has 5 nitrogen and oxygen atoms in total. The van der Waals surface area contributed by atoms with Crippen LogP contribution in [-0.2, 0) is 16.1 Å². The molecule has 0 aromatic heterocycles. The maximum absolute atomic E-state index is 12.9. The van der Waals surface area contributed by atoms with E-state index >= 15 is 0 Å². The Labute approximate surface area is 151 Å². The van der Waals surface area contributed by atoms with E-state index in [1.165, 1.54) is 6.92 Å². The van der Waals surface area contributed by atoms with Gasteiger partial charge in [-0.05, 0) is 19.1 Å². The number of hydrogen-bond acceptors (Lipinski definition) is 3. The Bertz CT molecular complexity index is 822. The summed E-state index contributed by atoms with van der Waals surface area (Å²) in [6.07, 6.45) is 0. The van der Waals surface area contributed by atoms with Crippen LogP contribution in [0, 0.1) is 0 Å². The zero-order valence-electron chi connectivity index (χ0n) is 14.1. The van der Waals surface area contributed by atoms with Crippen molar-refractivity contribution in [3.05, 3.63) is 58.6 Å². The average Bonchev–Trinajstić information content (AvgIpc) is 2.83. The molecule has 0 radical (unpaired) electrons. The number of amides is 2. The minimum absolute atomic E-state index is 0.204.